The van der Waals surface area contributed by atoms with Gasteiger partial charge in [0, 0.05) is 42.0 Å². The first-order chi connectivity index (χ1) is 16.8. The van der Waals surface area contributed by atoms with E-state index in [1.165, 1.54) is 11.6 Å². The van der Waals surface area contributed by atoms with E-state index in [1.54, 1.807) is 31.4 Å². The lowest BCUT2D eigenvalue weighted by Gasteiger charge is -2.12. The maximum Gasteiger partial charge on any atom is 0.337 e. The maximum atomic E-state index is 13.3. The van der Waals surface area contributed by atoms with Crippen molar-refractivity contribution >= 4 is 23.2 Å². The summed E-state index contributed by atoms with van der Waals surface area (Å²) in [6.45, 7) is 1.86. The van der Waals surface area contributed by atoms with Gasteiger partial charge in [0.15, 0.2) is 0 Å². The largest absolute Gasteiger partial charge is 0.497 e. The third-order valence-electron chi connectivity index (χ3n) is 5.98. The van der Waals surface area contributed by atoms with Crippen LogP contribution in [-0.2, 0) is 23.0 Å². The highest BCUT2D eigenvalue weighted by Crippen LogP contribution is 2.24. The number of anilines is 1. The Bertz CT molecular complexity index is 1470. The zero-order valence-electron chi connectivity index (χ0n) is 20.0. The molecule has 9 heteroatoms. The topological polar surface area (TPSA) is 104 Å². The summed E-state index contributed by atoms with van der Waals surface area (Å²) in [5.41, 5.74) is 4.14. The Labute approximate surface area is 201 Å². The Hall–Kier alpha value is -4.40. The van der Waals surface area contributed by atoms with Crippen molar-refractivity contribution in [3.8, 4) is 17.0 Å². The van der Waals surface area contributed by atoms with E-state index in [4.69, 9.17) is 4.74 Å². The van der Waals surface area contributed by atoms with Crippen molar-refractivity contribution in [3.63, 3.8) is 0 Å². The number of carbonyl (C=O) groups is 2. The number of carbonyl (C=O) groups excluding carboxylic acids is 2. The number of rotatable bonds is 7. The van der Waals surface area contributed by atoms with Crippen molar-refractivity contribution in [1.82, 2.24) is 14.2 Å². The summed E-state index contributed by atoms with van der Waals surface area (Å²) >= 11 is 0. The van der Waals surface area contributed by atoms with Gasteiger partial charge in [-0.25, -0.2) is 4.79 Å². The molecule has 4 aromatic rings. The Balaban J connectivity index is 1.54. The van der Waals surface area contributed by atoms with Crippen LogP contribution < -0.4 is 15.6 Å². The molecule has 0 bridgehead atoms. The molecular weight excluding hydrogens is 448 g/mol. The van der Waals surface area contributed by atoms with Crippen LogP contribution in [0.5, 0.6) is 5.75 Å². The molecule has 2 heterocycles. The Kier molecular flexibility index (Phi) is 6.68. The minimum atomic E-state index is -0.447. The minimum absolute atomic E-state index is 0.115. The van der Waals surface area contributed by atoms with E-state index >= 15 is 0 Å². The summed E-state index contributed by atoms with van der Waals surface area (Å²) in [5.74, 6) is 0.0155. The van der Waals surface area contributed by atoms with Crippen LogP contribution in [0.1, 0.15) is 28.0 Å². The first kappa shape index (κ1) is 23.7. The van der Waals surface area contributed by atoms with Gasteiger partial charge in [0.05, 0.1) is 25.5 Å². The standard InChI is InChI=1S/C26H26N4O5/c1-16-21(12-13-23(31)27-19-10-8-17(9-11-19)26(33)35-4)25(32)30-24(29(16)2)15-22(28-30)18-6-5-7-20(14-18)34-3/h5-11,14-15H,12-13H2,1-4H3,(H,27,31). The second kappa shape index (κ2) is 9.84. The second-order valence-corrected chi connectivity index (χ2v) is 8.08. The quantitative estimate of drug-likeness (QED) is 0.412. The summed E-state index contributed by atoms with van der Waals surface area (Å²) < 4.78 is 13.2. The maximum absolute atomic E-state index is 13.3. The molecule has 9 nitrogen and oxygen atoms in total. The molecule has 2 aromatic heterocycles. The van der Waals surface area contributed by atoms with Gasteiger partial charge in [0.1, 0.15) is 11.4 Å². The Morgan fingerprint density at radius 3 is 2.49 bits per heavy atom. The van der Waals surface area contributed by atoms with E-state index in [0.717, 1.165) is 11.3 Å². The van der Waals surface area contributed by atoms with Crippen LogP contribution in [0.4, 0.5) is 5.69 Å². The van der Waals surface area contributed by atoms with E-state index < -0.39 is 5.97 Å². The normalized spacial score (nSPS) is 10.9. The van der Waals surface area contributed by atoms with E-state index in [0.29, 0.717) is 33.9 Å². The smallest absolute Gasteiger partial charge is 0.337 e. The van der Waals surface area contributed by atoms with Gasteiger partial charge in [-0.1, -0.05) is 12.1 Å². The number of ether oxygens (including phenoxy) is 2. The molecule has 0 unspecified atom stereocenters. The molecule has 1 N–H and O–H groups in total. The zero-order chi connectivity index (χ0) is 25.1. The highest BCUT2D eigenvalue weighted by molar-refractivity contribution is 5.93. The number of benzene rings is 2. The van der Waals surface area contributed by atoms with Crippen molar-refractivity contribution in [2.45, 2.75) is 19.8 Å². The summed E-state index contributed by atoms with van der Waals surface area (Å²) in [4.78, 5) is 37.3. The highest BCUT2D eigenvalue weighted by Gasteiger charge is 2.17. The number of hydrogen-bond acceptors (Lipinski definition) is 6. The van der Waals surface area contributed by atoms with Crippen LogP contribution in [0.25, 0.3) is 16.9 Å². The van der Waals surface area contributed by atoms with Crippen LogP contribution in [0.3, 0.4) is 0 Å². The van der Waals surface area contributed by atoms with Crippen LogP contribution >= 0.6 is 0 Å². The molecule has 0 radical (unpaired) electrons. The number of aryl methyl sites for hydroxylation is 1. The monoisotopic (exact) mass is 474 g/mol. The molecule has 4 rings (SSSR count). The fourth-order valence-corrected chi connectivity index (χ4v) is 3.90. The first-order valence-corrected chi connectivity index (χ1v) is 11.0. The summed E-state index contributed by atoms with van der Waals surface area (Å²) in [5, 5.41) is 7.32. The fourth-order valence-electron chi connectivity index (χ4n) is 3.90. The van der Waals surface area contributed by atoms with Gasteiger partial charge < -0.3 is 19.4 Å². The molecule has 0 atom stereocenters. The summed E-state index contributed by atoms with van der Waals surface area (Å²) in [7, 11) is 4.78. The molecule has 35 heavy (non-hydrogen) atoms. The Morgan fingerprint density at radius 1 is 1.06 bits per heavy atom. The molecule has 1 amide bonds. The molecule has 2 aromatic carbocycles. The molecule has 0 aliphatic carbocycles. The van der Waals surface area contributed by atoms with Crippen molar-refractivity contribution in [2.75, 3.05) is 19.5 Å². The SMILES string of the molecule is COC(=O)c1ccc(NC(=O)CCc2c(C)n(C)c3cc(-c4cccc(OC)c4)nn3c2=O)cc1. The molecule has 0 saturated heterocycles. The second-order valence-electron chi connectivity index (χ2n) is 8.08. The number of hydrogen-bond donors (Lipinski definition) is 1. The van der Waals surface area contributed by atoms with E-state index in [2.05, 4.69) is 15.2 Å². The summed E-state index contributed by atoms with van der Waals surface area (Å²) in [6, 6.07) is 15.8. The molecular formula is C26H26N4O5. The fraction of sp³-hybridized carbons (Fsp3) is 0.231. The first-order valence-electron chi connectivity index (χ1n) is 11.0. The lowest BCUT2D eigenvalue weighted by molar-refractivity contribution is -0.116. The van der Waals surface area contributed by atoms with Gasteiger partial charge in [-0.05, 0) is 49.7 Å². The molecule has 0 fully saturated rings. The summed E-state index contributed by atoms with van der Waals surface area (Å²) in [6.07, 6.45) is 0.374. The van der Waals surface area contributed by atoms with Crippen LogP contribution in [-0.4, -0.2) is 40.3 Å². The lowest BCUT2D eigenvalue weighted by Crippen LogP contribution is -2.26. The van der Waals surface area contributed by atoms with Gasteiger partial charge >= 0.3 is 5.97 Å². The van der Waals surface area contributed by atoms with E-state index in [1.807, 2.05) is 48.9 Å². The van der Waals surface area contributed by atoms with Gasteiger partial charge in [-0.2, -0.15) is 9.61 Å². The third-order valence-corrected chi connectivity index (χ3v) is 5.98. The Morgan fingerprint density at radius 2 is 1.80 bits per heavy atom. The number of amides is 1. The van der Waals surface area contributed by atoms with Gasteiger partial charge in [0.25, 0.3) is 5.56 Å². The molecule has 0 aliphatic rings. The average molecular weight is 475 g/mol. The third kappa shape index (κ3) is 4.79. The van der Waals surface area contributed by atoms with E-state index in [9.17, 15) is 14.4 Å². The lowest BCUT2D eigenvalue weighted by atomic mass is 10.1. The van der Waals surface area contributed by atoms with Crippen LogP contribution in [0.2, 0.25) is 0 Å². The number of methoxy groups -OCH3 is 2. The van der Waals surface area contributed by atoms with Gasteiger partial charge in [-0.15, -0.1) is 0 Å². The average Bonchev–Trinajstić information content (AvgIpc) is 3.33. The number of nitrogens with one attached hydrogen (secondary N) is 1. The number of aromatic nitrogens is 3. The predicted octanol–water partition coefficient (Wildman–Crippen LogP) is 3.37. The minimum Gasteiger partial charge on any atom is -0.497 e. The highest BCUT2D eigenvalue weighted by atomic mass is 16.5. The number of nitrogens with zero attached hydrogens (tertiary/aromatic N) is 3. The van der Waals surface area contributed by atoms with Crippen molar-refractivity contribution < 1.29 is 19.1 Å². The molecule has 0 aliphatic heterocycles. The van der Waals surface area contributed by atoms with Gasteiger partial charge in [0.2, 0.25) is 5.91 Å². The van der Waals surface area contributed by atoms with Crippen molar-refractivity contribution in [3.05, 3.63) is 81.8 Å². The van der Waals surface area contributed by atoms with Crippen molar-refractivity contribution in [2.24, 2.45) is 7.05 Å². The number of esters is 1. The van der Waals surface area contributed by atoms with Gasteiger partial charge in [-0.3, -0.25) is 9.59 Å². The molecule has 180 valence electrons. The zero-order valence-corrected chi connectivity index (χ0v) is 20.0. The molecule has 0 spiro atoms. The van der Waals surface area contributed by atoms with Crippen LogP contribution in [0.15, 0.2) is 59.4 Å². The molecule has 0 saturated carbocycles. The van der Waals surface area contributed by atoms with E-state index in [-0.39, 0.29) is 24.3 Å². The predicted molar refractivity (Wildman–Crippen MR) is 132 cm³/mol. The number of fused-ring (bicyclic) bond motifs is 1. The van der Waals surface area contributed by atoms with Crippen LogP contribution in [0, 0.1) is 6.92 Å². The van der Waals surface area contributed by atoms with Crippen molar-refractivity contribution in [1.29, 1.82) is 0 Å².